The van der Waals surface area contributed by atoms with Crippen molar-refractivity contribution in [2.24, 2.45) is 5.92 Å². The number of ether oxygens (including phenoxy) is 2. The minimum atomic E-state index is -0.383. The first-order chi connectivity index (χ1) is 10.1. The Bertz CT molecular complexity index is 603. The van der Waals surface area contributed by atoms with Gasteiger partial charge in [-0.05, 0) is 17.5 Å². The van der Waals surface area contributed by atoms with Crippen molar-refractivity contribution >= 4 is 5.97 Å². The Morgan fingerprint density at radius 1 is 1.05 bits per heavy atom. The van der Waals surface area contributed by atoms with Crippen molar-refractivity contribution in [3.8, 4) is 16.9 Å². The second-order valence-corrected chi connectivity index (χ2v) is 5.24. The third kappa shape index (κ3) is 3.63. The van der Waals surface area contributed by atoms with Crippen LogP contribution in [0.2, 0.25) is 0 Å². The van der Waals surface area contributed by atoms with Crippen LogP contribution in [0.1, 0.15) is 24.2 Å². The SMILES string of the molecule is COC(=O)c1cccc(-c2ccccc2)c1OCC(C)C. The summed E-state index contributed by atoms with van der Waals surface area (Å²) in [6, 6.07) is 15.4. The van der Waals surface area contributed by atoms with Gasteiger partial charge in [0.25, 0.3) is 0 Å². The number of rotatable bonds is 5. The summed E-state index contributed by atoms with van der Waals surface area (Å²) in [6.07, 6.45) is 0. The van der Waals surface area contributed by atoms with E-state index in [2.05, 4.69) is 13.8 Å². The summed E-state index contributed by atoms with van der Waals surface area (Å²) in [6.45, 7) is 4.69. The molecular formula is C18H20O3. The van der Waals surface area contributed by atoms with Crippen LogP contribution in [-0.2, 0) is 4.74 Å². The molecule has 3 nitrogen and oxygen atoms in total. The zero-order chi connectivity index (χ0) is 15.2. The lowest BCUT2D eigenvalue weighted by atomic mass is 10.0. The van der Waals surface area contributed by atoms with Crippen molar-refractivity contribution in [1.29, 1.82) is 0 Å². The Balaban J connectivity index is 2.50. The smallest absolute Gasteiger partial charge is 0.341 e. The standard InChI is InChI=1S/C18H20O3/c1-13(2)12-21-17-15(14-8-5-4-6-9-14)10-7-11-16(17)18(19)20-3/h4-11,13H,12H2,1-3H3. The molecule has 0 aliphatic carbocycles. The molecule has 0 heterocycles. The van der Waals surface area contributed by atoms with Gasteiger partial charge in [-0.1, -0.05) is 56.3 Å². The predicted octanol–water partition coefficient (Wildman–Crippen LogP) is 4.18. The van der Waals surface area contributed by atoms with Crippen LogP contribution in [0.5, 0.6) is 5.75 Å². The number of carbonyl (C=O) groups excluding carboxylic acids is 1. The minimum Gasteiger partial charge on any atom is -0.492 e. The Kier molecular flexibility index (Phi) is 4.99. The van der Waals surface area contributed by atoms with E-state index in [0.29, 0.717) is 23.8 Å². The monoisotopic (exact) mass is 284 g/mol. The van der Waals surface area contributed by atoms with Gasteiger partial charge in [-0.15, -0.1) is 0 Å². The lowest BCUT2D eigenvalue weighted by Crippen LogP contribution is -2.10. The maximum absolute atomic E-state index is 12.0. The Morgan fingerprint density at radius 2 is 1.76 bits per heavy atom. The van der Waals surface area contributed by atoms with Crippen LogP contribution >= 0.6 is 0 Å². The van der Waals surface area contributed by atoms with Crippen molar-refractivity contribution in [3.63, 3.8) is 0 Å². The number of methoxy groups -OCH3 is 1. The summed E-state index contributed by atoms with van der Waals surface area (Å²) in [4.78, 5) is 12.0. The average molecular weight is 284 g/mol. The molecule has 2 rings (SSSR count). The van der Waals surface area contributed by atoms with Crippen LogP contribution in [0.15, 0.2) is 48.5 Å². The number of para-hydroxylation sites is 1. The fourth-order valence-corrected chi connectivity index (χ4v) is 2.06. The van der Waals surface area contributed by atoms with E-state index < -0.39 is 0 Å². The van der Waals surface area contributed by atoms with Gasteiger partial charge in [-0.3, -0.25) is 0 Å². The molecule has 21 heavy (non-hydrogen) atoms. The minimum absolute atomic E-state index is 0.374. The van der Waals surface area contributed by atoms with Crippen molar-refractivity contribution in [1.82, 2.24) is 0 Å². The lowest BCUT2D eigenvalue weighted by Gasteiger charge is -2.16. The van der Waals surface area contributed by atoms with Crippen LogP contribution < -0.4 is 4.74 Å². The number of benzene rings is 2. The summed E-state index contributed by atoms with van der Waals surface area (Å²) in [5.41, 5.74) is 2.38. The molecule has 0 saturated heterocycles. The quantitative estimate of drug-likeness (QED) is 0.773. The molecule has 3 heteroatoms. The molecule has 0 atom stereocenters. The molecule has 0 N–H and O–H groups in total. The van der Waals surface area contributed by atoms with E-state index in [1.807, 2.05) is 42.5 Å². The van der Waals surface area contributed by atoms with E-state index in [1.54, 1.807) is 6.07 Å². The molecule has 0 aliphatic heterocycles. The van der Waals surface area contributed by atoms with Crippen LogP contribution in [-0.4, -0.2) is 19.7 Å². The fraction of sp³-hybridized carbons (Fsp3) is 0.278. The molecule has 2 aromatic carbocycles. The van der Waals surface area contributed by atoms with Crippen LogP contribution in [0.25, 0.3) is 11.1 Å². The summed E-state index contributed by atoms with van der Waals surface area (Å²) >= 11 is 0. The van der Waals surface area contributed by atoms with Crippen molar-refractivity contribution in [3.05, 3.63) is 54.1 Å². The Labute approximate surface area is 125 Å². The summed E-state index contributed by atoms with van der Waals surface area (Å²) < 4.78 is 10.8. The second kappa shape index (κ2) is 6.93. The van der Waals surface area contributed by atoms with Crippen LogP contribution in [0.4, 0.5) is 0 Å². The third-order valence-corrected chi connectivity index (χ3v) is 3.07. The molecule has 110 valence electrons. The van der Waals surface area contributed by atoms with Crippen molar-refractivity contribution < 1.29 is 14.3 Å². The van der Waals surface area contributed by atoms with Gasteiger partial charge in [0.05, 0.1) is 13.7 Å². The van der Waals surface area contributed by atoms with Gasteiger partial charge in [-0.25, -0.2) is 4.79 Å². The van der Waals surface area contributed by atoms with Crippen LogP contribution in [0.3, 0.4) is 0 Å². The number of carbonyl (C=O) groups is 1. The topological polar surface area (TPSA) is 35.5 Å². The first kappa shape index (κ1) is 15.1. The van der Waals surface area contributed by atoms with E-state index in [-0.39, 0.29) is 5.97 Å². The molecule has 0 aliphatic rings. The van der Waals surface area contributed by atoms with Gasteiger partial charge in [0.15, 0.2) is 0 Å². The summed E-state index contributed by atoms with van der Waals surface area (Å²) in [5, 5.41) is 0. The Morgan fingerprint density at radius 3 is 2.38 bits per heavy atom. The van der Waals surface area contributed by atoms with E-state index >= 15 is 0 Å². The molecule has 0 spiro atoms. The predicted molar refractivity (Wildman–Crippen MR) is 83.6 cm³/mol. The van der Waals surface area contributed by atoms with Gasteiger partial charge >= 0.3 is 5.97 Å². The number of esters is 1. The summed E-state index contributed by atoms with van der Waals surface area (Å²) in [7, 11) is 1.38. The van der Waals surface area contributed by atoms with Gasteiger partial charge in [0, 0.05) is 5.56 Å². The zero-order valence-electron chi connectivity index (χ0n) is 12.6. The van der Waals surface area contributed by atoms with Crippen molar-refractivity contribution in [2.75, 3.05) is 13.7 Å². The van der Waals surface area contributed by atoms with E-state index in [4.69, 9.17) is 9.47 Å². The van der Waals surface area contributed by atoms with E-state index in [1.165, 1.54) is 7.11 Å². The highest BCUT2D eigenvalue weighted by Gasteiger charge is 2.18. The molecule has 0 aromatic heterocycles. The Hall–Kier alpha value is -2.29. The lowest BCUT2D eigenvalue weighted by molar-refractivity contribution is 0.0595. The highest BCUT2D eigenvalue weighted by atomic mass is 16.5. The van der Waals surface area contributed by atoms with Crippen molar-refractivity contribution in [2.45, 2.75) is 13.8 Å². The van der Waals surface area contributed by atoms with Gasteiger partial charge in [-0.2, -0.15) is 0 Å². The van der Waals surface area contributed by atoms with E-state index in [9.17, 15) is 4.79 Å². The normalized spacial score (nSPS) is 10.5. The molecule has 0 amide bonds. The molecule has 0 radical (unpaired) electrons. The first-order valence-corrected chi connectivity index (χ1v) is 7.03. The largest absolute Gasteiger partial charge is 0.492 e. The molecule has 2 aromatic rings. The molecule has 0 bridgehead atoms. The van der Waals surface area contributed by atoms with Gasteiger partial charge in [0.2, 0.25) is 0 Å². The van der Waals surface area contributed by atoms with Gasteiger partial charge in [0.1, 0.15) is 11.3 Å². The van der Waals surface area contributed by atoms with Crippen LogP contribution in [0, 0.1) is 5.92 Å². The molecular weight excluding hydrogens is 264 g/mol. The highest BCUT2D eigenvalue weighted by molar-refractivity contribution is 5.95. The number of hydrogen-bond donors (Lipinski definition) is 0. The molecule has 0 saturated carbocycles. The summed E-state index contributed by atoms with van der Waals surface area (Å²) in [5.74, 6) is 0.579. The van der Waals surface area contributed by atoms with Gasteiger partial charge < -0.3 is 9.47 Å². The first-order valence-electron chi connectivity index (χ1n) is 7.03. The maximum atomic E-state index is 12.0. The molecule has 0 fully saturated rings. The number of hydrogen-bond acceptors (Lipinski definition) is 3. The maximum Gasteiger partial charge on any atom is 0.341 e. The second-order valence-electron chi connectivity index (χ2n) is 5.24. The zero-order valence-corrected chi connectivity index (χ0v) is 12.6. The molecule has 0 unspecified atom stereocenters. The fourth-order valence-electron chi connectivity index (χ4n) is 2.06. The average Bonchev–Trinajstić information content (AvgIpc) is 2.52. The third-order valence-electron chi connectivity index (χ3n) is 3.07. The highest BCUT2D eigenvalue weighted by Crippen LogP contribution is 2.34. The van der Waals surface area contributed by atoms with E-state index in [0.717, 1.165) is 11.1 Å².